The molecule has 166 valence electrons. The number of amides is 1. The number of hydrogen-bond donors (Lipinski definition) is 1. The average molecular weight is 458 g/mol. The standard InChI is InChI=1S/C27H24ClN3O2/c1-17-7-6-8-20(15-17)16-31-19(3)25(18(2)30-31)29-27(33)24-10-5-4-9-23(24)26(32)21-11-13-22(28)14-12-21/h4-15H,16H2,1-3H3,(H,29,33). The number of nitrogens with one attached hydrogen (secondary N) is 1. The third-order valence-electron chi connectivity index (χ3n) is 5.56. The van der Waals surface area contributed by atoms with Gasteiger partial charge >= 0.3 is 0 Å². The van der Waals surface area contributed by atoms with Crippen LogP contribution in [-0.2, 0) is 6.54 Å². The first-order valence-electron chi connectivity index (χ1n) is 10.6. The summed E-state index contributed by atoms with van der Waals surface area (Å²) in [5.41, 5.74) is 5.66. The molecule has 0 saturated heterocycles. The van der Waals surface area contributed by atoms with Gasteiger partial charge in [-0.25, -0.2) is 0 Å². The van der Waals surface area contributed by atoms with E-state index in [0.29, 0.717) is 33.9 Å². The van der Waals surface area contributed by atoms with E-state index >= 15 is 0 Å². The summed E-state index contributed by atoms with van der Waals surface area (Å²) in [6.07, 6.45) is 0. The van der Waals surface area contributed by atoms with E-state index in [-0.39, 0.29) is 11.7 Å². The van der Waals surface area contributed by atoms with E-state index in [1.165, 1.54) is 5.56 Å². The molecule has 6 heteroatoms. The number of halogens is 1. The van der Waals surface area contributed by atoms with E-state index < -0.39 is 0 Å². The lowest BCUT2D eigenvalue weighted by atomic mass is 9.98. The summed E-state index contributed by atoms with van der Waals surface area (Å²) in [6, 6.07) is 21.7. The Balaban J connectivity index is 1.60. The summed E-state index contributed by atoms with van der Waals surface area (Å²) in [7, 11) is 0. The maximum atomic E-state index is 13.2. The van der Waals surface area contributed by atoms with Crippen molar-refractivity contribution in [1.82, 2.24) is 9.78 Å². The Bertz CT molecular complexity index is 1340. The summed E-state index contributed by atoms with van der Waals surface area (Å²) in [6.45, 7) is 6.45. The number of rotatable bonds is 6. The van der Waals surface area contributed by atoms with Crippen molar-refractivity contribution in [2.75, 3.05) is 5.32 Å². The van der Waals surface area contributed by atoms with Gasteiger partial charge in [-0.2, -0.15) is 5.10 Å². The molecular formula is C27H24ClN3O2. The number of anilines is 1. The van der Waals surface area contributed by atoms with Crippen LogP contribution in [0.25, 0.3) is 0 Å². The Labute approximate surface area is 198 Å². The molecule has 1 amide bonds. The van der Waals surface area contributed by atoms with Gasteiger partial charge in [0.15, 0.2) is 5.78 Å². The Morgan fingerprint density at radius 3 is 2.30 bits per heavy atom. The monoisotopic (exact) mass is 457 g/mol. The van der Waals surface area contributed by atoms with Crippen LogP contribution in [0.15, 0.2) is 72.8 Å². The first-order chi connectivity index (χ1) is 15.8. The quantitative estimate of drug-likeness (QED) is 0.361. The number of benzene rings is 3. The molecule has 0 aliphatic carbocycles. The highest BCUT2D eigenvalue weighted by Gasteiger charge is 2.21. The highest BCUT2D eigenvalue weighted by Crippen LogP contribution is 2.23. The Hall–Kier alpha value is -3.70. The molecule has 1 N–H and O–H groups in total. The van der Waals surface area contributed by atoms with Crippen LogP contribution < -0.4 is 5.32 Å². The molecule has 0 aliphatic heterocycles. The van der Waals surface area contributed by atoms with Gasteiger partial charge in [-0.15, -0.1) is 0 Å². The third-order valence-corrected chi connectivity index (χ3v) is 5.81. The van der Waals surface area contributed by atoms with Gasteiger partial charge < -0.3 is 5.32 Å². The topological polar surface area (TPSA) is 64.0 Å². The summed E-state index contributed by atoms with van der Waals surface area (Å²) in [5, 5.41) is 8.14. The van der Waals surface area contributed by atoms with Crippen molar-refractivity contribution in [2.45, 2.75) is 27.3 Å². The second-order valence-electron chi connectivity index (χ2n) is 8.03. The third kappa shape index (κ3) is 4.89. The zero-order valence-corrected chi connectivity index (χ0v) is 19.5. The van der Waals surface area contributed by atoms with E-state index in [9.17, 15) is 9.59 Å². The number of carbonyl (C=O) groups excluding carboxylic acids is 2. The van der Waals surface area contributed by atoms with Crippen LogP contribution in [0.1, 0.15) is 48.8 Å². The van der Waals surface area contributed by atoms with Crippen LogP contribution in [0.3, 0.4) is 0 Å². The van der Waals surface area contributed by atoms with Gasteiger partial charge in [-0.3, -0.25) is 14.3 Å². The lowest BCUT2D eigenvalue weighted by Crippen LogP contribution is -2.17. The zero-order valence-electron chi connectivity index (χ0n) is 18.7. The predicted octanol–water partition coefficient (Wildman–Crippen LogP) is 5.99. The number of ketones is 1. The molecule has 0 atom stereocenters. The molecule has 0 radical (unpaired) electrons. The minimum atomic E-state index is -0.353. The molecule has 0 fully saturated rings. The largest absolute Gasteiger partial charge is 0.319 e. The van der Waals surface area contributed by atoms with Gasteiger partial charge in [0.2, 0.25) is 0 Å². The molecule has 0 aliphatic rings. The maximum absolute atomic E-state index is 13.2. The first kappa shape index (κ1) is 22.5. The van der Waals surface area contributed by atoms with Gasteiger partial charge in [0.05, 0.1) is 29.2 Å². The number of hydrogen-bond acceptors (Lipinski definition) is 3. The number of aryl methyl sites for hydroxylation is 2. The predicted molar refractivity (Wildman–Crippen MR) is 131 cm³/mol. The van der Waals surface area contributed by atoms with E-state index in [4.69, 9.17) is 11.6 Å². The normalized spacial score (nSPS) is 10.8. The van der Waals surface area contributed by atoms with Crippen molar-refractivity contribution in [2.24, 2.45) is 0 Å². The van der Waals surface area contributed by atoms with Crippen molar-refractivity contribution >= 4 is 29.0 Å². The Morgan fingerprint density at radius 2 is 1.61 bits per heavy atom. The molecule has 1 aromatic heterocycles. The zero-order chi connectivity index (χ0) is 23.5. The Kier molecular flexibility index (Phi) is 6.43. The molecular weight excluding hydrogens is 434 g/mol. The average Bonchev–Trinajstić information content (AvgIpc) is 3.06. The van der Waals surface area contributed by atoms with Gasteiger partial charge in [0.25, 0.3) is 5.91 Å². The molecule has 4 aromatic rings. The Morgan fingerprint density at radius 1 is 0.909 bits per heavy atom. The lowest BCUT2D eigenvalue weighted by molar-refractivity contribution is 0.0996. The van der Waals surface area contributed by atoms with Crippen LogP contribution in [0.5, 0.6) is 0 Å². The van der Waals surface area contributed by atoms with Gasteiger partial charge in [0, 0.05) is 16.1 Å². The molecule has 3 aromatic carbocycles. The fraction of sp³-hybridized carbons (Fsp3) is 0.148. The minimum absolute atomic E-state index is 0.235. The minimum Gasteiger partial charge on any atom is -0.319 e. The second-order valence-corrected chi connectivity index (χ2v) is 8.46. The molecule has 1 heterocycles. The highest BCUT2D eigenvalue weighted by atomic mass is 35.5. The molecule has 0 saturated carbocycles. The molecule has 0 spiro atoms. The van der Waals surface area contributed by atoms with E-state index in [0.717, 1.165) is 17.0 Å². The number of aromatic nitrogens is 2. The fourth-order valence-corrected chi connectivity index (χ4v) is 3.96. The molecule has 5 nitrogen and oxygen atoms in total. The van der Waals surface area contributed by atoms with Crippen LogP contribution in [-0.4, -0.2) is 21.5 Å². The molecule has 4 rings (SSSR count). The molecule has 0 unspecified atom stereocenters. The van der Waals surface area contributed by atoms with E-state index in [2.05, 4.69) is 35.5 Å². The SMILES string of the molecule is Cc1cccc(Cn2nc(C)c(NC(=O)c3ccccc3C(=O)c3ccc(Cl)cc3)c2C)c1. The summed E-state index contributed by atoms with van der Waals surface area (Å²) in [5.74, 6) is -0.588. The van der Waals surface area contributed by atoms with Crippen LogP contribution in [0.2, 0.25) is 5.02 Å². The number of nitrogens with zero attached hydrogens (tertiary/aromatic N) is 2. The summed E-state index contributed by atoms with van der Waals surface area (Å²) < 4.78 is 1.88. The lowest BCUT2D eigenvalue weighted by Gasteiger charge is -2.11. The van der Waals surface area contributed by atoms with Gasteiger partial charge in [-0.05, 0) is 56.7 Å². The van der Waals surface area contributed by atoms with E-state index in [1.807, 2.05) is 24.6 Å². The van der Waals surface area contributed by atoms with Gasteiger partial charge in [0.1, 0.15) is 0 Å². The second kappa shape index (κ2) is 9.43. The van der Waals surface area contributed by atoms with Crippen LogP contribution in [0, 0.1) is 20.8 Å². The van der Waals surface area contributed by atoms with Crippen molar-refractivity contribution in [3.8, 4) is 0 Å². The van der Waals surface area contributed by atoms with Crippen molar-refractivity contribution in [3.63, 3.8) is 0 Å². The highest BCUT2D eigenvalue weighted by molar-refractivity contribution is 6.30. The summed E-state index contributed by atoms with van der Waals surface area (Å²) in [4.78, 5) is 26.3. The van der Waals surface area contributed by atoms with Crippen LogP contribution >= 0.6 is 11.6 Å². The fourth-order valence-electron chi connectivity index (χ4n) is 3.83. The van der Waals surface area contributed by atoms with Crippen LogP contribution in [0.4, 0.5) is 5.69 Å². The van der Waals surface area contributed by atoms with Crippen molar-refractivity contribution in [1.29, 1.82) is 0 Å². The smallest absolute Gasteiger partial charge is 0.256 e. The van der Waals surface area contributed by atoms with E-state index in [1.54, 1.807) is 48.5 Å². The summed E-state index contributed by atoms with van der Waals surface area (Å²) >= 11 is 5.94. The van der Waals surface area contributed by atoms with Gasteiger partial charge in [-0.1, -0.05) is 59.6 Å². The molecule has 0 bridgehead atoms. The maximum Gasteiger partial charge on any atom is 0.256 e. The van der Waals surface area contributed by atoms with Crippen molar-refractivity contribution in [3.05, 3.63) is 117 Å². The molecule has 33 heavy (non-hydrogen) atoms. The first-order valence-corrected chi connectivity index (χ1v) is 11.0. The van der Waals surface area contributed by atoms with Crippen molar-refractivity contribution < 1.29 is 9.59 Å². The number of carbonyl (C=O) groups is 2.